The van der Waals surface area contributed by atoms with Crippen LogP contribution >= 0.6 is 0 Å². The zero-order chi connectivity index (χ0) is 14.6. The van der Waals surface area contributed by atoms with Crippen LogP contribution in [0.4, 0.5) is 0 Å². The average molecular weight is 293 g/mol. The molecule has 0 amide bonds. The summed E-state index contributed by atoms with van der Waals surface area (Å²) in [5.74, 6) is 0. The number of nitriles is 1. The largest absolute Gasteiger partial charge is 0.244 e. The third-order valence-electron chi connectivity index (χ3n) is 3.92. The molecule has 1 heterocycles. The molecule has 0 aliphatic heterocycles. The van der Waals surface area contributed by atoms with Crippen molar-refractivity contribution in [2.24, 2.45) is 5.41 Å². The lowest BCUT2D eigenvalue weighted by molar-refractivity contribution is 0.219. The molecule has 1 fully saturated rings. The van der Waals surface area contributed by atoms with Crippen LogP contribution in [0.3, 0.4) is 0 Å². The Bertz CT molecular complexity index is 614. The van der Waals surface area contributed by atoms with Crippen molar-refractivity contribution < 1.29 is 8.42 Å². The minimum Gasteiger partial charge on any atom is -0.244 e. The van der Waals surface area contributed by atoms with Gasteiger partial charge in [-0.3, -0.25) is 0 Å². The van der Waals surface area contributed by atoms with Crippen molar-refractivity contribution >= 4 is 10.0 Å². The second-order valence-electron chi connectivity index (χ2n) is 5.66. The summed E-state index contributed by atoms with van der Waals surface area (Å²) in [6.45, 7) is 2.53. The number of hydrogen-bond donors (Lipinski definition) is 1. The van der Waals surface area contributed by atoms with Crippen LogP contribution in [0.25, 0.3) is 0 Å². The highest BCUT2D eigenvalue weighted by Gasteiger charge is 2.29. The highest BCUT2D eigenvalue weighted by atomic mass is 32.2. The van der Waals surface area contributed by atoms with Crippen LogP contribution in [0.1, 0.15) is 44.7 Å². The maximum atomic E-state index is 12.3. The van der Waals surface area contributed by atoms with Gasteiger partial charge in [-0.05, 0) is 30.4 Å². The summed E-state index contributed by atoms with van der Waals surface area (Å²) in [6, 6.07) is 4.76. The Hall–Kier alpha value is -1.45. The van der Waals surface area contributed by atoms with Gasteiger partial charge in [0.1, 0.15) is 11.0 Å². The molecular weight excluding hydrogens is 274 g/mol. The van der Waals surface area contributed by atoms with Gasteiger partial charge in [0.05, 0.1) is 0 Å². The Kier molecular flexibility index (Phi) is 4.41. The minimum atomic E-state index is -3.68. The maximum absolute atomic E-state index is 12.3. The van der Waals surface area contributed by atoms with E-state index in [0.717, 1.165) is 25.7 Å². The van der Waals surface area contributed by atoms with Crippen LogP contribution in [-0.4, -0.2) is 19.9 Å². The third-order valence-corrected chi connectivity index (χ3v) is 5.35. The van der Waals surface area contributed by atoms with Gasteiger partial charge in [0.25, 0.3) is 0 Å². The van der Waals surface area contributed by atoms with Crippen LogP contribution < -0.4 is 4.72 Å². The predicted octanol–water partition coefficient (Wildman–Crippen LogP) is 2.20. The van der Waals surface area contributed by atoms with E-state index in [0.29, 0.717) is 6.54 Å². The monoisotopic (exact) mass is 293 g/mol. The summed E-state index contributed by atoms with van der Waals surface area (Å²) in [5, 5.41) is 8.94. The topological polar surface area (TPSA) is 82.8 Å². The summed E-state index contributed by atoms with van der Waals surface area (Å²) in [5.41, 5.74) is -0.0471. The molecular formula is C14H19N3O2S. The first-order valence-electron chi connectivity index (χ1n) is 6.82. The third kappa shape index (κ3) is 3.35. The first-order chi connectivity index (χ1) is 9.47. The van der Waals surface area contributed by atoms with Crippen molar-refractivity contribution in [2.45, 2.75) is 43.9 Å². The average Bonchev–Trinajstić information content (AvgIpc) is 2.46. The molecule has 1 aromatic rings. The van der Waals surface area contributed by atoms with Crippen molar-refractivity contribution in [3.63, 3.8) is 0 Å². The molecule has 2 rings (SSSR count). The molecule has 108 valence electrons. The van der Waals surface area contributed by atoms with Gasteiger partial charge in [0, 0.05) is 12.7 Å². The summed E-state index contributed by atoms with van der Waals surface area (Å²) in [6.07, 6.45) is 7.01. The van der Waals surface area contributed by atoms with Crippen LogP contribution in [0, 0.1) is 16.7 Å². The fraction of sp³-hybridized carbons (Fsp3) is 0.571. The van der Waals surface area contributed by atoms with E-state index in [2.05, 4.69) is 16.6 Å². The van der Waals surface area contributed by atoms with E-state index in [9.17, 15) is 8.42 Å². The second kappa shape index (κ2) is 5.90. The van der Waals surface area contributed by atoms with Crippen molar-refractivity contribution in [1.29, 1.82) is 5.26 Å². The Labute approximate surface area is 120 Å². The number of nitrogens with zero attached hydrogens (tertiary/aromatic N) is 2. The lowest BCUT2D eigenvalue weighted by Crippen LogP contribution is -2.37. The van der Waals surface area contributed by atoms with Crippen molar-refractivity contribution in [3.05, 3.63) is 24.0 Å². The zero-order valence-electron chi connectivity index (χ0n) is 11.6. The first-order valence-corrected chi connectivity index (χ1v) is 8.30. The van der Waals surface area contributed by atoms with Crippen molar-refractivity contribution in [1.82, 2.24) is 9.71 Å². The first kappa shape index (κ1) is 14.9. The van der Waals surface area contributed by atoms with Crippen LogP contribution in [-0.2, 0) is 10.0 Å². The fourth-order valence-corrected chi connectivity index (χ4v) is 3.93. The lowest BCUT2D eigenvalue weighted by atomic mass is 9.76. The van der Waals surface area contributed by atoms with Gasteiger partial charge in [-0.25, -0.2) is 18.1 Å². The highest BCUT2D eigenvalue weighted by Crippen LogP contribution is 2.35. The van der Waals surface area contributed by atoms with E-state index < -0.39 is 10.0 Å². The van der Waals surface area contributed by atoms with Crippen LogP contribution in [0.15, 0.2) is 23.2 Å². The summed E-state index contributed by atoms with van der Waals surface area (Å²) in [7, 11) is -3.68. The number of hydrogen-bond acceptors (Lipinski definition) is 4. The molecule has 6 heteroatoms. The second-order valence-corrected chi connectivity index (χ2v) is 7.39. The molecule has 0 aromatic carbocycles. The number of pyridine rings is 1. The molecule has 0 saturated heterocycles. The van der Waals surface area contributed by atoms with Gasteiger partial charge in [0.2, 0.25) is 10.0 Å². The van der Waals surface area contributed by atoms with Gasteiger partial charge >= 0.3 is 0 Å². The zero-order valence-corrected chi connectivity index (χ0v) is 12.4. The van der Waals surface area contributed by atoms with E-state index in [4.69, 9.17) is 5.26 Å². The molecule has 0 atom stereocenters. The molecule has 1 N–H and O–H groups in total. The molecule has 0 radical (unpaired) electrons. The van der Waals surface area contributed by atoms with E-state index in [-0.39, 0.29) is 16.0 Å². The van der Waals surface area contributed by atoms with Gasteiger partial charge in [-0.1, -0.05) is 26.2 Å². The molecule has 1 aromatic heterocycles. The molecule has 20 heavy (non-hydrogen) atoms. The quantitative estimate of drug-likeness (QED) is 0.922. The summed E-state index contributed by atoms with van der Waals surface area (Å²) in [4.78, 5) is 3.76. The Morgan fingerprint density at radius 2 is 2.10 bits per heavy atom. The Balaban J connectivity index is 2.14. The normalized spacial score (nSPS) is 18.4. The lowest BCUT2D eigenvalue weighted by Gasteiger charge is -2.33. The van der Waals surface area contributed by atoms with Gasteiger partial charge in [-0.2, -0.15) is 5.26 Å². The van der Waals surface area contributed by atoms with Crippen molar-refractivity contribution in [3.8, 4) is 6.07 Å². The molecule has 0 unspecified atom stereocenters. The van der Waals surface area contributed by atoms with E-state index in [1.165, 1.54) is 24.8 Å². The number of aromatic nitrogens is 1. The van der Waals surface area contributed by atoms with E-state index in [1.807, 2.05) is 6.07 Å². The number of nitrogens with one attached hydrogen (secondary N) is 1. The predicted molar refractivity (Wildman–Crippen MR) is 75.3 cm³/mol. The summed E-state index contributed by atoms with van der Waals surface area (Å²) < 4.78 is 27.2. The molecule has 0 bridgehead atoms. The van der Waals surface area contributed by atoms with E-state index >= 15 is 0 Å². The maximum Gasteiger partial charge on any atom is 0.243 e. The molecule has 1 aliphatic rings. The summed E-state index contributed by atoms with van der Waals surface area (Å²) >= 11 is 0. The van der Waals surface area contributed by atoms with Crippen molar-refractivity contribution in [2.75, 3.05) is 6.54 Å². The van der Waals surface area contributed by atoms with Gasteiger partial charge in [-0.15, -0.1) is 0 Å². The Morgan fingerprint density at radius 1 is 1.40 bits per heavy atom. The smallest absolute Gasteiger partial charge is 0.243 e. The SMILES string of the molecule is CC1(CNS(=O)(=O)c2cccnc2C#N)CCCCC1. The van der Waals surface area contributed by atoms with Crippen LogP contribution in [0.2, 0.25) is 0 Å². The minimum absolute atomic E-state index is 0.0142. The molecule has 1 aliphatic carbocycles. The van der Waals surface area contributed by atoms with Gasteiger partial charge < -0.3 is 0 Å². The molecule has 5 nitrogen and oxygen atoms in total. The standard InChI is InChI=1S/C14H19N3O2S/c1-14(7-3-2-4-8-14)11-17-20(18,19)13-6-5-9-16-12(13)10-15/h5-6,9,17H,2-4,7-8,11H2,1H3. The number of sulfonamides is 1. The molecule has 0 spiro atoms. The van der Waals surface area contributed by atoms with Crippen LogP contribution in [0.5, 0.6) is 0 Å². The fourth-order valence-electron chi connectivity index (χ4n) is 2.62. The highest BCUT2D eigenvalue weighted by molar-refractivity contribution is 7.89. The van der Waals surface area contributed by atoms with Gasteiger partial charge in [0.15, 0.2) is 5.69 Å². The van der Waals surface area contributed by atoms with E-state index in [1.54, 1.807) is 0 Å². The Morgan fingerprint density at radius 3 is 2.75 bits per heavy atom. The number of rotatable bonds is 4. The molecule has 1 saturated carbocycles.